The lowest BCUT2D eigenvalue weighted by atomic mass is 10.0. The minimum Gasteiger partial charge on any atom is -0.504 e. The Morgan fingerprint density at radius 3 is 2.55 bits per heavy atom. The van der Waals surface area contributed by atoms with Crippen LogP contribution in [0.5, 0.6) is 11.5 Å². The first-order chi connectivity index (χ1) is 10.4. The number of nitrogens with zero attached hydrogens (tertiary/aromatic N) is 1. The number of carbonyl (C=O) groups is 1. The number of phenols is 1. The van der Waals surface area contributed by atoms with Crippen molar-refractivity contribution in [3.63, 3.8) is 0 Å². The normalized spacial score (nSPS) is 12.5. The maximum Gasteiger partial charge on any atom is 0.338 e. The van der Waals surface area contributed by atoms with Crippen LogP contribution in [0.25, 0.3) is 0 Å². The van der Waals surface area contributed by atoms with E-state index in [-0.39, 0.29) is 11.8 Å². The number of hydrogen-bond donors (Lipinski definition) is 1. The van der Waals surface area contributed by atoms with Crippen LogP contribution in [0.15, 0.2) is 18.2 Å². The highest BCUT2D eigenvalue weighted by atomic mass is 16.5. The highest BCUT2D eigenvalue weighted by Crippen LogP contribution is 2.27. The van der Waals surface area contributed by atoms with E-state index in [1.807, 2.05) is 25.9 Å². The SMILES string of the molecule is CCCOc1cc(C(=O)OC[C@H](C(C)C)N(C)C)ccc1O. The average Bonchev–Trinajstić information content (AvgIpc) is 2.45. The molecule has 0 bridgehead atoms. The zero-order valence-electron chi connectivity index (χ0n) is 14.1. The molecule has 1 rings (SSSR count). The van der Waals surface area contributed by atoms with Crippen molar-refractivity contribution in [2.45, 2.75) is 33.2 Å². The van der Waals surface area contributed by atoms with E-state index in [0.717, 1.165) is 6.42 Å². The van der Waals surface area contributed by atoms with Crippen molar-refractivity contribution >= 4 is 5.97 Å². The van der Waals surface area contributed by atoms with Crippen molar-refractivity contribution in [3.05, 3.63) is 23.8 Å². The first kappa shape index (κ1) is 18.3. The number of esters is 1. The van der Waals surface area contributed by atoms with Crippen molar-refractivity contribution < 1.29 is 19.4 Å². The van der Waals surface area contributed by atoms with Gasteiger partial charge < -0.3 is 19.5 Å². The van der Waals surface area contributed by atoms with Crippen LogP contribution in [0.3, 0.4) is 0 Å². The Kier molecular flexibility index (Phi) is 7.18. The number of benzene rings is 1. The van der Waals surface area contributed by atoms with Crippen molar-refractivity contribution in [1.82, 2.24) is 4.90 Å². The molecule has 0 unspecified atom stereocenters. The van der Waals surface area contributed by atoms with E-state index >= 15 is 0 Å². The Balaban J connectivity index is 2.73. The fraction of sp³-hybridized carbons (Fsp3) is 0.588. The zero-order valence-corrected chi connectivity index (χ0v) is 14.1. The number of rotatable bonds is 8. The molecule has 0 fully saturated rings. The monoisotopic (exact) mass is 309 g/mol. The van der Waals surface area contributed by atoms with Crippen molar-refractivity contribution in [3.8, 4) is 11.5 Å². The van der Waals surface area contributed by atoms with E-state index < -0.39 is 5.97 Å². The quantitative estimate of drug-likeness (QED) is 0.748. The molecule has 0 saturated carbocycles. The van der Waals surface area contributed by atoms with Crippen LogP contribution in [-0.2, 0) is 4.74 Å². The maximum absolute atomic E-state index is 12.2. The molecular weight excluding hydrogens is 282 g/mol. The Labute approximate surface area is 132 Å². The second-order valence-electron chi connectivity index (χ2n) is 5.90. The molecule has 0 aromatic heterocycles. The van der Waals surface area contributed by atoms with Crippen LogP contribution >= 0.6 is 0 Å². The van der Waals surface area contributed by atoms with Gasteiger partial charge in [0.2, 0.25) is 0 Å². The first-order valence-corrected chi connectivity index (χ1v) is 7.66. The van der Waals surface area contributed by atoms with Gasteiger partial charge in [0.05, 0.1) is 12.2 Å². The second kappa shape index (κ2) is 8.63. The summed E-state index contributed by atoms with van der Waals surface area (Å²) in [5, 5.41) is 9.72. The predicted octanol–water partition coefficient (Wildman–Crippen LogP) is 2.92. The number of hydrogen-bond acceptors (Lipinski definition) is 5. The molecule has 5 heteroatoms. The summed E-state index contributed by atoms with van der Waals surface area (Å²) in [7, 11) is 3.94. The molecule has 0 aliphatic rings. The molecule has 0 aliphatic carbocycles. The smallest absolute Gasteiger partial charge is 0.338 e. The van der Waals surface area contributed by atoms with Gasteiger partial charge in [0, 0.05) is 6.04 Å². The molecule has 0 radical (unpaired) electrons. The summed E-state index contributed by atoms with van der Waals surface area (Å²) in [6.07, 6.45) is 0.826. The number of carbonyl (C=O) groups excluding carboxylic acids is 1. The fourth-order valence-electron chi connectivity index (χ4n) is 2.15. The molecule has 0 heterocycles. The summed E-state index contributed by atoms with van der Waals surface area (Å²) in [4.78, 5) is 14.2. The Bertz CT molecular complexity index is 478. The number of ether oxygens (including phenoxy) is 2. The Hall–Kier alpha value is -1.75. The third-order valence-electron chi connectivity index (χ3n) is 3.48. The minimum atomic E-state index is -0.408. The molecule has 0 saturated heterocycles. The van der Waals surface area contributed by atoms with Gasteiger partial charge in [-0.05, 0) is 44.6 Å². The summed E-state index contributed by atoms with van der Waals surface area (Å²) < 4.78 is 10.8. The van der Waals surface area contributed by atoms with E-state index in [1.165, 1.54) is 18.2 Å². The molecule has 5 nitrogen and oxygen atoms in total. The lowest BCUT2D eigenvalue weighted by Crippen LogP contribution is -2.37. The van der Waals surface area contributed by atoms with E-state index in [9.17, 15) is 9.90 Å². The van der Waals surface area contributed by atoms with Crippen LogP contribution in [0.4, 0.5) is 0 Å². The van der Waals surface area contributed by atoms with Gasteiger partial charge in [0.25, 0.3) is 0 Å². The van der Waals surface area contributed by atoms with Crippen molar-refractivity contribution in [2.75, 3.05) is 27.3 Å². The average molecular weight is 309 g/mol. The Morgan fingerprint density at radius 2 is 2.00 bits per heavy atom. The minimum absolute atomic E-state index is 0.0262. The summed E-state index contributed by atoms with van der Waals surface area (Å²) >= 11 is 0. The number of likely N-dealkylation sites (N-methyl/N-ethyl adjacent to an activating group) is 1. The Morgan fingerprint density at radius 1 is 1.32 bits per heavy atom. The molecular formula is C17H27NO4. The van der Waals surface area contributed by atoms with Gasteiger partial charge >= 0.3 is 5.97 Å². The van der Waals surface area contributed by atoms with Crippen LogP contribution in [-0.4, -0.2) is 49.3 Å². The van der Waals surface area contributed by atoms with Gasteiger partial charge in [-0.15, -0.1) is 0 Å². The fourth-order valence-corrected chi connectivity index (χ4v) is 2.15. The summed E-state index contributed by atoms with van der Waals surface area (Å²) in [6, 6.07) is 4.68. The van der Waals surface area contributed by atoms with Crippen molar-refractivity contribution in [2.24, 2.45) is 5.92 Å². The maximum atomic E-state index is 12.2. The molecule has 0 amide bonds. The third kappa shape index (κ3) is 5.22. The van der Waals surface area contributed by atoms with E-state index in [2.05, 4.69) is 13.8 Å². The van der Waals surface area contributed by atoms with E-state index in [4.69, 9.17) is 9.47 Å². The number of phenolic OH excluding ortho intramolecular Hbond substituents is 1. The number of aromatic hydroxyl groups is 1. The van der Waals surface area contributed by atoms with Gasteiger partial charge in [-0.25, -0.2) is 4.79 Å². The molecule has 1 aromatic carbocycles. The van der Waals surface area contributed by atoms with E-state index in [1.54, 1.807) is 0 Å². The van der Waals surface area contributed by atoms with Gasteiger partial charge in [0.1, 0.15) is 6.61 Å². The van der Waals surface area contributed by atoms with Gasteiger partial charge in [-0.1, -0.05) is 20.8 Å². The lowest BCUT2D eigenvalue weighted by molar-refractivity contribution is 0.0350. The molecule has 0 aliphatic heterocycles. The summed E-state index contributed by atoms with van der Waals surface area (Å²) in [5.74, 6) is 0.308. The van der Waals surface area contributed by atoms with Crippen LogP contribution in [0.2, 0.25) is 0 Å². The third-order valence-corrected chi connectivity index (χ3v) is 3.48. The van der Waals surface area contributed by atoms with Crippen LogP contribution in [0.1, 0.15) is 37.6 Å². The lowest BCUT2D eigenvalue weighted by Gasteiger charge is -2.27. The zero-order chi connectivity index (χ0) is 16.7. The molecule has 22 heavy (non-hydrogen) atoms. The highest BCUT2D eigenvalue weighted by molar-refractivity contribution is 5.90. The van der Waals surface area contributed by atoms with Crippen molar-refractivity contribution in [1.29, 1.82) is 0 Å². The molecule has 1 N–H and O–H groups in total. The molecule has 1 atom stereocenters. The van der Waals surface area contributed by atoms with E-state index in [0.29, 0.717) is 30.4 Å². The molecule has 124 valence electrons. The molecule has 0 spiro atoms. The summed E-state index contributed by atoms with van der Waals surface area (Å²) in [5.41, 5.74) is 0.380. The second-order valence-corrected chi connectivity index (χ2v) is 5.90. The van der Waals surface area contributed by atoms with Gasteiger partial charge in [-0.3, -0.25) is 0 Å². The summed E-state index contributed by atoms with van der Waals surface area (Å²) in [6.45, 7) is 6.98. The largest absolute Gasteiger partial charge is 0.504 e. The van der Waals surface area contributed by atoms with Crippen LogP contribution < -0.4 is 4.74 Å². The standard InChI is InChI=1S/C17H27NO4/c1-6-9-21-16-10-13(7-8-15(16)19)17(20)22-11-14(12(2)3)18(4)5/h7-8,10,12,14,19H,6,9,11H2,1-5H3/t14-/m1/s1. The predicted molar refractivity (Wildman–Crippen MR) is 86.5 cm³/mol. The van der Waals surface area contributed by atoms with Crippen LogP contribution in [0, 0.1) is 5.92 Å². The van der Waals surface area contributed by atoms with Gasteiger partial charge in [-0.2, -0.15) is 0 Å². The molecule has 1 aromatic rings. The highest BCUT2D eigenvalue weighted by Gasteiger charge is 2.19. The first-order valence-electron chi connectivity index (χ1n) is 7.66. The van der Waals surface area contributed by atoms with Gasteiger partial charge in [0.15, 0.2) is 11.5 Å². The topological polar surface area (TPSA) is 59.0 Å².